The molecule has 0 fully saturated rings. The molecular weight excluding hydrogens is 269 g/mol. The Morgan fingerprint density at radius 1 is 1.25 bits per heavy atom. The van der Waals surface area contributed by atoms with E-state index in [1.165, 1.54) is 12.1 Å². The molecule has 0 saturated heterocycles. The number of halogens is 3. The number of hydrogen-bond donors (Lipinski definition) is 1. The van der Waals surface area contributed by atoms with Gasteiger partial charge in [-0.2, -0.15) is 13.2 Å². The number of aromatic nitrogens is 2. The summed E-state index contributed by atoms with van der Waals surface area (Å²) < 4.78 is 40.8. The third-order valence-corrected chi connectivity index (χ3v) is 3.49. The van der Waals surface area contributed by atoms with Crippen LogP contribution in [-0.4, -0.2) is 14.7 Å². The van der Waals surface area contributed by atoms with Crippen LogP contribution in [0.1, 0.15) is 30.3 Å². The van der Waals surface area contributed by atoms with E-state index in [9.17, 15) is 18.3 Å². The van der Waals surface area contributed by atoms with Crippen molar-refractivity contribution < 1.29 is 18.3 Å². The molecule has 1 aromatic carbocycles. The molecule has 1 aliphatic rings. The van der Waals surface area contributed by atoms with Crippen LogP contribution in [0.2, 0.25) is 0 Å². The molecule has 20 heavy (non-hydrogen) atoms. The summed E-state index contributed by atoms with van der Waals surface area (Å²) in [7, 11) is 0. The molecule has 3 nitrogen and oxygen atoms in total. The Balaban J connectivity index is 2.11. The van der Waals surface area contributed by atoms with Gasteiger partial charge in [0.05, 0.1) is 11.3 Å². The van der Waals surface area contributed by atoms with Crippen LogP contribution < -0.4 is 0 Å². The highest BCUT2D eigenvalue weighted by Gasteiger charge is 2.34. The predicted octanol–water partition coefficient (Wildman–Crippen LogP) is 3.40. The second kappa shape index (κ2) is 4.63. The SMILES string of the molecule is OC1CCCn2cc(-c3ccccc3C(F)(F)F)nc21. The number of hydrogen-bond acceptors (Lipinski definition) is 2. The Bertz CT molecular complexity index is 634. The van der Waals surface area contributed by atoms with Gasteiger partial charge in [0.2, 0.25) is 0 Å². The average molecular weight is 282 g/mol. The lowest BCUT2D eigenvalue weighted by Crippen LogP contribution is -2.14. The lowest BCUT2D eigenvalue weighted by molar-refractivity contribution is -0.137. The second-order valence-corrected chi connectivity index (χ2v) is 4.88. The van der Waals surface area contributed by atoms with Gasteiger partial charge in [-0.15, -0.1) is 0 Å². The first kappa shape index (κ1) is 13.2. The van der Waals surface area contributed by atoms with Crippen molar-refractivity contribution in [3.8, 4) is 11.3 Å². The summed E-state index contributed by atoms with van der Waals surface area (Å²) in [6, 6.07) is 5.37. The number of aryl methyl sites for hydroxylation is 1. The fourth-order valence-electron chi connectivity index (χ4n) is 2.54. The molecule has 2 heterocycles. The quantitative estimate of drug-likeness (QED) is 0.870. The van der Waals surface area contributed by atoms with Gasteiger partial charge >= 0.3 is 6.18 Å². The molecule has 0 radical (unpaired) electrons. The van der Waals surface area contributed by atoms with Gasteiger partial charge in [-0.25, -0.2) is 4.98 Å². The molecule has 1 aromatic heterocycles. The lowest BCUT2D eigenvalue weighted by Gasteiger charge is -2.18. The molecule has 0 spiro atoms. The molecule has 106 valence electrons. The Labute approximate surface area is 113 Å². The van der Waals surface area contributed by atoms with Gasteiger partial charge in [0.15, 0.2) is 0 Å². The highest BCUT2D eigenvalue weighted by Crippen LogP contribution is 2.37. The fourth-order valence-corrected chi connectivity index (χ4v) is 2.54. The van der Waals surface area contributed by atoms with Gasteiger partial charge in [0.25, 0.3) is 0 Å². The van der Waals surface area contributed by atoms with Gasteiger partial charge < -0.3 is 9.67 Å². The summed E-state index contributed by atoms with van der Waals surface area (Å²) in [4.78, 5) is 4.19. The van der Waals surface area contributed by atoms with E-state index in [-0.39, 0.29) is 11.3 Å². The normalized spacial score (nSPS) is 18.9. The molecular formula is C14H13F3N2O. The van der Waals surface area contributed by atoms with Gasteiger partial charge in [0, 0.05) is 18.3 Å². The number of aliphatic hydroxyl groups is 1. The first-order valence-electron chi connectivity index (χ1n) is 6.38. The molecule has 0 aliphatic carbocycles. The van der Waals surface area contributed by atoms with E-state index >= 15 is 0 Å². The molecule has 6 heteroatoms. The number of fused-ring (bicyclic) bond motifs is 1. The molecule has 2 aromatic rings. The van der Waals surface area contributed by atoms with Crippen LogP contribution in [0.4, 0.5) is 13.2 Å². The standard InChI is InChI=1S/C14H13F3N2O/c15-14(16,17)10-5-2-1-4-9(10)11-8-19-7-3-6-12(20)13(19)18-11/h1-2,4-5,8,12,20H,3,6-7H2. The molecule has 3 rings (SSSR count). The van der Waals surface area contributed by atoms with Crippen molar-refractivity contribution in [3.63, 3.8) is 0 Å². The molecule has 0 amide bonds. The molecule has 0 saturated carbocycles. The minimum atomic E-state index is -4.42. The van der Waals surface area contributed by atoms with Crippen LogP contribution in [0.3, 0.4) is 0 Å². The van der Waals surface area contributed by atoms with Crippen LogP contribution >= 0.6 is 0 Å². The molecule has 1 atom stereocenters. The number of rotatable bonds is 1. The zero-order valence-electron chi connectivity index (χ0n) is 10.6. The van der Waals surface area contributed by atoms with Crippen molar-refractivity contribution >= 4 is 0 Å². The monoisotopic (exact) mass is 282 g/mol. The maximum Gasteiger partial charge on any atom is 0.417 e. The Kier molecular flexibility index (Phi) is 3.05. The number of alkyl halides is 3. The minimum absolute atomic E-state index is 0.0501. The number of imidazole rings is 1. The largest absolute Gasteiger partial charge is 0.417 e. The summed E-state index contributed by atoms with van der Waals surface area (Å²) in [6.45, 7) is 0.674. The van der Waals surface area contributed by atoms with E-state index in [2.05, 4.69) is 4.98 Å². The van der Waals surface area contributed by atoms with Crippen LogP contribution in [0.25, 0.3) is 11.3 Å². The fraction of sp³-hybridized carbons (Fsp3) is 0.357. The zero-order valence-corrected chi connectivity index (χ0v) is 10.6. The highest BCUT2D eigenvalue weighted by atomic mass is 19.4. The van der Waals surface area contributed by atoms with Gasteiger partial charge in [-0.05, 0) is 18.9 Å². The van der Waals surface area contributed by atoms with Gasteiger partial charge in [-0.3, -0.25) is 0 Å². The van der Waals surface area contributed by atoms with Crippen molar-refractivity contribution in [3.05, 3.63) is 41.9 Å². The van der Waals surface area contributed by atoms with E-state index in [1.54, 1.807) is 16.8 Å². The third kappa shape index (κ3) is 2.20. The van der Waals surface area contributed by atoms with E-state index in [0.717, 1.165) is 12.5 Å². The van der Waals surface area contributed by atoms with E-state index < -0.39 is 17.8 Å². The predicted molar refractivity (Wildman–Crippen MR) is 66.9 cm³/mol. The summed E-state index contributed by atoms with van der Waals surface area (Å²) in [5.41, 5.74) is -0.395. The Hall–Kier alpha value is -1.82. The summed E-state index contributed by atoms with van der Waals surface area (Å²) >= 11 is 0. The third-order valence-electron chi connectivity index (χ3n) is 3.49. The minimum Gasteiger partial charge on any atom is -0.385 e. The summed E-state index contributed by atoms with van der Waals surface area (Å²) in [5.74, 6) is 0.447. The summed E-state index contributed by atoms with van der Waals surface area (Å²) in [5, 5.41) is 9.85. The summed E-state index contributed by atoms with van der Waals surface area (Å²) in [6.07, 6.45) is -2.14. The number of aliphatic hydroxyl groups excluding tert-OH is 1. The smallest absolute Gasteiger partial charge is 0.385 e. The van der Waals surface area contributed by atoms with Crippen molar-refractivity contribution in [1.29, 1.82) is 0 Å². The molecule has 1 N–H and O–H groups in total. The van der Waals surface area contributed by atoms with E-state index in [0.29, 0.717) is 18.8 Å². The van der Waals surface area contributed by atoms with Gasteiger partial charge in [0.1, 0.15) is 11.9 Å². The molecule has 1 aliphatic heterocycles. The van der Waals surface area contributed by atoms with E-state index in [1.807, 2.05) is 0 Å². The van der Waals surface area contributed by atoms with Crippen molar-refractivity contribution in [2.45, 2.75) is 31.7 Å². The average Bonchev–Trinajstić information content (AvgIpc) is 2.83. The van der Waals surface area contributed by atoms with Crippen LogP contribution in [0, 0.1) is 0 Å². The second-order valence-electron chi connectivity index (χ2n) is 4.88. The van der Waals surface area contributed by atoms with Crippen molar-refractivity contribution in [1.82, 2.24) is 9.55 Å². The lowest BCUT2D eigenvalue weighted by atomic mass is 10.0. The molecule has 1 unspecified atom stereocenters. The first-order chi connectivity index (χ1) is 9.47. The Morgan fingerprint density at radius 2 is 2.00 bits per heavy atom. The van der Waals surface area contributed by atoms with E-state index in [4.69, 9.17) is 0 Å². The Morgan fingerprint density at radius 3 is 2.70 bits per heavy atom. The van der Waals surface area contributed by atoms with Crippen LogP contribution in [0.15, 0.2) is 30.5 Å². The van der Waals surface area contributed by atoms with Crippen LogP contribution in [-0.2, 0) is 12.7 Å². The van der Waals surface area contributed by atoms with Gasteiger partial charge in [-0.1, -0.05) is 18.2 Å². The van der Waals surface area contributed by atoms with Crippen molar-refractivity contribution in [2.24, 2.45) is 0 Å². The first-order valence-corrected chi connectivity index (χ1v) is 6.38. The van der Waals surface area contributed by atoms with Crippen LogP contribution in [0.5, 0.6) is 0 Å². The topological polar surface area (TPSA) is 38.0 Å². The highest BCUT2D eigenvalue weighted by molar-refractivity contribution is 5.64. The zero-order chi connectivity index (χ0) is 14.3. The molecule has 0 bridgehead atoms. The van der Waals surface area contributed by atoms with Crippen molar-refractivity contribution in [2.75, 3.05) is 0 Å². The number of benzene rings is 1. The number of nitrogens with zero attached hydrogens (tertiary/aromatic N) is 2. The maximum absolute atomic E-state index is 13.0. The maximum atomic E-state index is 13.0.